The van der Waals surface area contributed by atoms with Crippen LogP contribution in [-0.2, 0) is 10.0 Å². The lowest BCUT2D eigenvalue weighted by atomic mass is 10.3. The third kappa shape index (κ3) is 5.23. The number of hydrogen-bond donors (Lipinski definition) is 2. The van der Waals surface area contributed by atoms with Gasteiger partial charge < -0.3 is 5.32 Å². The average molecular weight is 330 g/mol. The molecule has 0 radical (unpaired) electrons. The number of unbranched alkanes of at least 4 members (excludes halogenated alkanes) is 2. The van der Waals surface area contributed by atoms with Gasteiger partial charge in [-0.15, -0.1) is 0 Å². The van der Waals surface area contributed by atoms with Crippen molar-refractivity contribution in [2.45, 2.75) is 44.4 Å². The highest BCUT2D eigenvalue weighted by Crippen LogP contribution is 2.24. The van der Waals surface area contributed by atoms with Crippen LogP contribution in [0.5, 0.6) is 0 Å². The Morgan fingerprint density at radius 2 is 1.86 bits per heavy atom. The van der Waals surface area contributed by atoms with Gasteiger partial charge in [-0.25, -0.2) is 18.1 Å². The Hall–Kier alpha value is -1.74. The molecule has 22 heavy (non-hydrogen) atoms. The maximum absolute atomic E-state index is 12.1. The lowest BCUT2D eigenvalue weighted by Gasteiger charge is -2.08. The summed E-state index contributed by atoms with van der Waals surface area (Å²) in [6, 6.07) is 1.04. The molecule has 0 unspecified atom stereocenters. The Labute approximate surface area is 130 Å². The quantitative estimate of drug-likeness (QED) is 0.386. The summed E-state index contributed by atoms with van der Waals surface area (Å²) in [4.78, 5) is 14.2. The van der Waals surface area contributed by atoms with Gasteiger partial charge in [0.1, 0.15) is 4.90 Å². The zero-order chi connectivity index (χ0) is 16.6. The van der Waals surface area contributed by atoms with E-state index in [1.165, 1.54) is 0 Å². The average Bonchev–Trinajstić information content (AvgIpc) is 2.47. The third-order valence-electron chi connectivity index (χ3n) is 2.99. The predicted octanol–water partition coefficient (Wildman–Crippen LogP) is 2.28. The van der Waals surface area contributed by atoms with E-state index in [9.17, 15) is 18.5 Å². The molecule has 124 valence electrons. The highest BCUT2D eigenvalue weighted by atomic mass is 32.2. The zero-order valence-electron chi connectivity index (χ0n) is 12.8. The zero-order valence-corrected chi connectivity index (χ0v) is 13.6. The normalized spacial score (nSPS) is 11.4. The molecule has 0 aliphatic carbocycles. The van der Waals surface area contributed by atoms with Gasteiger partial charge in [0, 0.05) is 25.4 Å². The highest BCUT2D eigenvalue weighted by molar-refractivity contribution is 7.89. The standard InChI is InChI=1S/C13H22N4O4S/c1-3-5-7-14-13-12(17(18)19)9-11(10-15-13)22(20,21)16-8-6-4-2/h9-10,16H,3-8H2,1-2H3,(H,14,15). The second-order valence-electron chi connectivity index (χ2n) is 4.83. The van der Waals surface area contributed by atoms with E-state index in [2.05, 4.69) is 15.0 Å². The first-order valence-corrected chi connectivity index (χ1v) is 8.78. The van der Waals surface area contributed by atoms with Crippen LogP contribution in [-0.4, -0.2) is 31.4 Å². The fourth-order valence-corrected chi connectivity index (χ4v) is 2.75. The fraction of sp³-hybridized carbons (Fsp3) is 0.615. The van der Waals surface area contributed by atoms with Gasteiger partial charge in [0.15, 0.2) is 0 Å². The molecule has 1 rings (SSSR count). The van der Waals surface area contributed by atoms with Crippen molar-refractivity contribution < 1.29 is 13.3 Å². The maximum Gasteiger partial charge on any atom is 0.312 e. The molecule has 0 aliphatic heterocycles. The molecule has 0 aliphatic rings. The molecule has 0 bridgehead atoms. The van der Waals surface area contributed by atoms with Gasteiger partial charge in [0.05, 0.1) is 4.92 Å². The van der Waals surface area contributed by atoms with Crippen molar-refractivity contribution in [3.63, 3.8) is 0 Å². The highest BCUT2D eigenvalue weighted by Gasteiger charge is 2.22. The van der Waals surface area contributed by atoms with Crippen LogP contribution in [0.1, 0.15) is 39.5 Å². The molecule has 0 spiro atoms. The largest absolute Gasteiger partial charge is 0.364 e. The van der Waals surface area contributed by atoms with E-state index in [4.69, 9.17) is 0 Å². The summed E-state index contributed by atoms with van der Waals surface area (Å²) >= 11 is 0. The fourth-order valence-electron chi connectivity index (χ4n) is 1.71. The molecule has 0 saturated heterocycles. The summed E-state index contributed by atoms with van der Waals surface area (Å²) in [6.45, 7) is 4.78. The molecule has 0 aromatic carbocycles. The first kappa shape index (κ1) is 18.3. The van der Waals surface area contributed by atoms with Crippen LogP contribution in [0.25, 0.3) is 0 Å². The molecule has 1 aromatic rings. The molecular formula is C13H22N4O4S. The maximum atomic E-state index is 12.1. The summed E-state index contributed by atoms with van der Waals surface area (Å²) in [7, 11) is -3.78. The van der Waals surface area contributed by atoms with Gasteiger partial charge in [0.2, 0.25) is 15.8 Å². The van der Waals surface area contributed by atoms with Crippen LogP contribution < -0.4 is 10.0 Å². The second kappa shape index (κ2) is 8.64. The number of aromatic nitrogens is 1. The number of nitrogens with one attached hydrogen (secondary N) is 2. The number of nitrogens with zero attached hydrogens (tertiary/aromatic N) is 2. The van der Waals surface area contributed by atoms with Crippen LogP contribution in [0.4, 0.5) is 11.5 Å². The number of rotatable bonds is 10. The van der Waals surface area contributed by atoms with Crippen molar-refractivity contribution in [2.24, 2.45) is 0 Å². The summed E-state index contributed by atoms with van der Waals surface area (Å²) in [5.41, 5.74) is -0.338. The summed E-state index contributed by atoms with van der Waals surface area (Å²) in [5.74, 6) is 0.0889. The Kier molecular flexibility index (Phi) is 7.19. The van der Waals surface area contributed by atoms with Crippen molar-refractivity contribution in [3.8, 4) is 0 Å². The van der Waals surface area contributed by atoms with E-state index in [1.807, 2.05) is 13.8 Å². The first-order valence-electron chi connectivity index (χ1n) is 7.30. The smallest absolute Gasteiger partial charge is 0.312 e. The van der Waals surface area contributed by atoms with Gasteiger partial charge in [-0.05, 0) is 12.8 Å². The van der Waals surface area contributed by atoms with Gasteiger partial charge in [0.25, 0.3) is 0 Å². The summed E-state index contributed by atoms with van der Waals surface area (Å²) < 4.78 is 26.5. The number of nitro groups is 1. The molecule has 1 heterocycles. The lowest BCUT2D eigenvalue weighted by molar-refractivity contribution is -0.384. The van der Waals surface area contributed by atoms with Gasteiger partial charge in [-0.1, -0.05) is 26.7 Å². The minimum absolute atomic E-state index is 0.0889. The monoisotopic (exact) mass is 330 g/mol. The molecular weight excluding hydrogens is 308 g/mol. The molecule has 0 saturated carbocycles. The first-order chi connectivity index (χ1) is 10.4. The van der Waals surface area contributed by atoms with Crippen LogP contribution in [0, 0.1) is 10.1 Å². The molecule has 0 atom stereocenters. The molecule has 0 amide bonds. The Bertz CT molecular complexity index is 604. The molecule has 1 aromatic heterocycles. The minimum atomic E-state index is -3.78. The minimum Gasteiger partial charge on any atom is -0.364 e. The van der Waals surface area contributed by atoms with Crippen molar-refractivity contribution in [3.05, 3.63) is 22.4 Å². The summed E-state index contributed by atoms with van der Waals surface area (Å²) in [6.07, 6.45) is 4.47. The van der Waals surface area contributed by atoms with Gasteiger partial charge >= 0.3 is 5.69 Å². The van der Waals surface area contributed by atoms with E-state index in [0.29, 0.717) is 19.5 Å². The Morgan fingerprint density at radius 1 is 1.23 bits per heavy atom. The van der Waals surface area contributed by atoms with Crippen LogP contribution >= 0.6 is 0 Å². The topological polar surface area (TPSA) is 114 Å². The lowest BCUT2D eigenvalue weighted by Crippen LogP contribution is -2.25. The second-order valence-corrected chi connectivity index (χ2v) is 6.59. The van der Waals surface area contributed by atoms with E-state index >= 15 is 0 Å². The third-order valence-corrected chi connectivity index (χ3v) is 4.42. The predicted molar refractivity (Wildman–Crippen MR) is 84.4 cm³/mol. The van der Waals surface area contributed by atoms with Gasteiger partial charge in [-0.2, -0.15) is 0 Å². The van der Waals surface area contributed by atoms with E-state index in [0.717, 1.165) is 31.5 Å². The molecule has 9 heteroatoms. The van der Waals surface area contributed by atoms with Crippen molar-refractivity contribution in [2.75, 3.05) is 18.4 Å². The molecule has 2 N–H and O–H groups in total. The van der Waals surface area contributed by atoms with Crippen LogP contribution in [0.3, 0.4) is 0 Å². The number of hydrogen-bond acceptors (Lipinski definition) is 6. The van der Waals surface area contributed by atoms with E-state index < -0.39 is 14.9 Å². The molecule has 0 fully saturated rings. The molecule has 8 nitrogen and oxygen atoms in total. The SMILES string of the molecule is CCCCNc1ncc(S(=O)(=O)NCCCC)cc1[N+](=O)[O-]. The van der Waals surface area contributed by atoms with E-state index in [1.54, 1.807) is 0 Å². The number of anilines is 1. The van der Waals surface area contributed by atoms with E-state index in [-0.39, 0.29) is 16.4 Å². The van der Waals surface area contributed by atoms with Crippen molar-refractivity contribution >= 4 is 21.5 Å². The number of sulfonamides is 1. The Morgan fingerprint density at radius 3 is 2.45 bits per heavy atom. The van der Waals surface area contributed by atoms with Crippen molar-refractivity contribution in [1.82, 2.24) is 9.71 Å². The van der Waals surface area contributed by atoms with Gasteiger partial charge in [-0.3, -0.25) is 10.1 Å². The Balaban J connectivity index is 2.99. The van der Waals surface area contributed by atoms with Crippen LogP contribution in [0.2, 0.25) is 0 Å². The summed E-state index contributed by atoms with van der Waals surface area (Å²) in [5, 5.41) is 14.0. The number of pyridine rings is 1. The van der Waals surface area contributed by atoms with Crippen LogP contribution in [0.15, 0.2) is 17.2 Å². The van der Waals surface area contributed by atoms with Crippen molar-refractivity contribution in [1.29, 1.82) is 0 Å².